The first-order chi connectivity index (χ1) is 17.1. The van der Waals surface area contributed by atoms with Crippen LogP contribution in [0, 0.1) is 0 Å². The normalized spacial score (nSPS) is 11.5. The van der Waals surface area contributed by atoms with Crippen LogP contribution in [0.4, 0.5) is 0 Å². The number of fused-ring (bicyclic) bond motifs is 4. The first-order valence-corrected chi connectivity index (χ1v) is 12.3. The zero-order valence-corrected chi connectivity index (χ0v) is 19.8. The van der Waals surface area contributed by atoms with Gasteiger partial charge in [0.25, 0.3) is 5.56 Å². The minimum Gasteiger partial charge on any atom is -0.423 e. The second-order valence-electron chi connectivity index (χ2n) is 8.04. The molecular weight excluding hydrogens is 480 g/mol. The predicted molar refractivity (Wildman–Crippen MR) is 142 cm³/mol. The van der Waals surface area contributed by atoms with Crippen molar-refractivity contribution in [1.29, 1.82) is 0 Å². The number of aromatic nitrogens is 2. The van der Waals surface area contributed by atoms with Gasteiger partial charge in [-0.3, -0.25) is 9.36 Å². The molecule has 0 spiro atoms. The van der Waals surface area contributed by atoms with Crippen LogP contribution < -0.4 is 11.2 Å². The van der Waals surface area contributed by atoms with E-state index in [1.54, 1.807) is 22.8 Å². The van der Waals surface area contributed by atoms with Crippen LogP contribution in [0.1, 0.15) is 5.56 Å². The van der Waals surface area contributed by atoms with Crippen molar-refractivity contribution in [2.24, 2.45) is 0 Å². The standard InChI is InChI=1S/C28H17ClN2O3S/c29-21-10-4-6-12-23(21)31-27(33)20-9-3-5-11-22(20)30-28(31)35-16-18-15-25(32)34-24-14-13-17-7-1-2-8-19(17)26(18)24/h1-15H,16H2. The molecule has 7 heteroatoms. The van der Waals surface area contributed by atoms with E-state index in [2.05, 4.69) is 0 Å². The van der Waals surface area contributed by atoms with Gasteiger partial charge in [0.15, 0.2) is 5.16 Å². The van der Waals surface area contributed by atoms with Gasteiger partial charge in [-0.1, -0.05) is 78.0 Å². The highest BCUT2D eigenvalue weighted by molar-refractivity contribution is 7.98. The number of halogens is 1. The van der Waals surface area contributed by atoms with E-state index in [4.69, 9.17) is 21.0 Å². The zero-order valence-electron chi connectivity index (χ0n) is 18.3. The van der Waals surface area contributed by atoms with Gasteiger partial charge in [0.2, 0.25) is 0 Å². The molecule has 6 aromatic rings. The predicted octanol–water partition coefficient (Wildman–Crippen LogP) is 6.59. The van der Waals surface area contributed by atoms with Crippen molar-refractivity contribution in [2.45, 2.75) is 10.9 Å². The molecule has 5 nitrogen and oxygen atoms in total. The van der Waals surface area contributed by atoms with Crippen LogP contribution in [0.15, 0.2) is 110 Å². The maximum absolute atomic E-state index is 13.5. The van der Waals surface area contributed by atoms with Gasteiger partial charge in [0, 0.05) is 17.2 Å². The van der Waals surface area contributed by atoms with Crippen molar-refractivity contribution in [2.75, 3.05) is 0 Å². The molecule has 0 bridgehead atoms. The lowest BCUT2D eigenvalue weighted by Gasteiger charge is -2.15. The molecule has 0 saturated carbocycles. The third-order valence-electron chi connectivity index (χ3n) is 5.91. The van der Waals surface area contributed by atoms with Gasteiger partial charge >= 0.3 is 5.63 Å². The Kier molecular flexibility index (Phi) is 5.40. The summed E-state index contributed by atoms with van der Waals surface area (Å²) in [6.07, 6.45) is 0. The van der Waals surface area contributed by atoms with Gasteiger partial charge in [-0.15, -0.1) is 0 Å². The topological polar surface area (TPSA) is 65.1 Å². The molecule has 0 atom stereocenters. The van der Waals surface area contributed by atoms with Crippen molar-refractivity contribution in [1.82, 2.24) is 9.55 Å². The van der Waals surface area contributed by atoms with Gasteiger partial charge in [-0.05, 0) is 46.7 Å². The molecule has 2 aromatic heterocycles. The Morgan fingerprint density at radius 2 is 1.60 bits per heavy atom. The molecule has 6 rings (SSSR count). The molecule has 170 valence electrons. The molecule has 0 unspecified atom stereocenters. The Morgan fingerprint density at radius 3 is 2.46 bits per heavy atom. The molecule has 0 saturated heterocycles. The number of thioether (sulfide) groups is 1. The molecule has 0 radical (unpaired) electrons. The molecule has 0 aliphatic carbocycles. The molecule has 0 N–H and O–H groups in total. The second-order valence-corrected chi connectivity index (χ2v) is 9.39. The van der Waals surface area contributed by atoms with Crippen LogP contribution in [0.25, 0.3) is 38.3 Å². The van der Waals surface area contributed by atoms with Gasteiger partial charge in [0.05, 0.1) is 21.6 Å². The fourth-order valence-electron chi connectivity index (χ4n) is 4.33. The molecule has 0 aliphatic heterocycles. The summed E-state index contributed by atoms with van der Waals surface area (Å²) >= 11 is 7.86. The largest absolute Gasteiger partial charge is 0.423 e. The van der Waals surface area contributed by atoms with E-state index in [9.17, 15) is 9.59 Å². The summed E-state index contributed by atoms with van der Waals surface area (Å²) in [5, 5.41) is 4.38. The fraction of sp³-hybridized carbons (Fsp3) is 0.0357. The van der Waals surface area contributed by atoms with E-state index in [0.29, 0.717) is 38.1 Å². The van der Waals surface area contributed by atoms with Crippen LogP contribution in [-0.4, -0.2) is 9.55 Å². The minimum atomic E-state index is -0.418. The Balaban J connectivity index is 1.54. The molecule has 35 heavy (non-hydrogen) atoms. The number of nitrogens with zero attached hydrogens (tertiary/aromatic N) is 2. The number of rotatable bonds is 4. The smallest absolute Gasteiger partial charge is 0.336 e. The van der Waals surface area contributed by atoms with Crippen molar-refractivity contribution < 1.29 is 4.42 Å². The maximum atomic E-state index is 13.5. The van der Waals surface area contributed by atoms with Crippen molar-refractivity contribution in [3.05, 3.63) is 122 Å². The van der Waals surface area contributed by atoms with Crippen LogP contribution in [0.3, 0.4) is 0 Å². The Labute approximate surface area is 208 Å². The van der Waals surface area contributed by atoms with Crippen molar-refractivity contribution >= 4 is 56.0 Å². The van der Waals surface area contributed by atoms with Crippen LogP contribution in [0.2, 0.25) is 5.02 Å². The van der Waals surface area contributed by atoms with E-state index in [-0.39, 0.29) is 5.56 Å². The van der Waals surface area contributed by atoms with Crippen molar-refractivity contribution in [3.63, 3.8) is 0 Å². The third-order valence-corrected chi connectivity index (χ3v) is 7.22. The van der Waals surface area contributed by atoms with Gasteiger partial charge in [-0.2, -0.15) is 0 Å². The van der Waals surface area contributed by atoms with Crippen molar-refractivity contribution in [3.8, 4) is 5.69 Å². The molecule has 0 aliphatic rings. The van der Waals surface area contributed by atoms with E-state index >= 15 is 0 Å². The zero-order chi connectivity index (χ0) is 23.9. The lowest BCUT2D eigenvalue weighted by Crippen LogP contribution is -2.22. The van der Waals surface area contributed by atoms with Gasteiger partial charge in [0.1, 0.15) is 5.58 Å². The Morgan fingerprint density at radius 1 is 0.857 bits per heavy atom. The van der Waals surface area contributed by atoms with Gasteiger partial charge in [-0.25, -0.2) is 9.78 Å². The number of benzene rings is 4. The van der Waals surface area contributed by atoms with E-state index in [0.717, 1.165) is 21.7 Å². The molecule has 0 fully saturated rings. The first-order valence-electron chi connectivity index (χ1n) is 10.9. The van der Waals surface area contributed by atoms with Crippen LogP contribution in [-0.2, 0) is 5.75 Å². The Bertz CT molecular complexity index is 1880. The lowest BCUT2D eigenvalue weighted by atomic mass is 10.0. The fourth-order valence-corrected chi connectivity index (χ4v) is 5.54. The highest BCUT2D eigenvalue weighted by Crippen LogP contribution is 2.32. The number of hydrogen-bond donors (Lipinski definition) is 0. The summed E-state index contributed by atoms with van der Waals surface area (Å²) in [5.74, 6) is 0.408. The molecular formula is C28H17ClN2O3S. The van der Waals surface area contributed by atoms with E-state index in [1.807, 2.05) is 66.7 Å². The highest BCUT2D eigenvalue weighted by Gasteiger charge is 2.17. The van der Waals surface area contributed by atoms with E-state index in [1.165, 1.54) is 17.8 Å². The summed E-state index contributed by atoms with van der Waals surface area (Å²) in [6, 6.07) is 27.7. The van der Waals surface area contributed by atoms with Crippen LogP contribution in [0.5, 0.6) is 0 Å². The monoisotopic (exact) mass is 496 g/mol. The quantitative estimate of drug-likeness (QED) is 0.119. The average molecular weight is 497 g/mol. The average Bonchev–Trinajstić information content (AvgIpc) is 2.88. The second kappa shape index (κ2) is 8.73. The SMILES string of the molecule is O=c1cc(CSc2nc3ccccc3c(=O)n2-c2ccccc2Cl)c2c(ccc3ccccc32)o1. The summed E-state index contributed by atoms with van der Waals surface area (Å²) < 4.78 is 7.04. The lowest BCUT2D eigenvalue weighted by molar-refractivity contribution is 0.560. The van der Waals surface area contributed by atoms with Gasteiger partial charge < -0.3 is 4.42 Å². The minimum absolute atomic E-state index is 0.200. The number of para-hydroxylation sites is 2. The summed E-state index contributed by atoms with van der Waals surface area (Å²) in [4.78, 5) is 30.7. The highest BCUT2D eigenvalue weighted by atomic mass is 35.5. The maximum Gasteiger partial charge on any atom is 0.336 e. The van der Waals surface area contributed by atoms with Crippen LogP contribution >= 0.6 is 23.4 Å². The summed E-state index contributed by atoms with van der Waals surface area (Å²) in [5.41, 5.74) is 1.88. The third kappa shape index (κ3) is 3.81. The first kappa shape index (κ1) is 21.6. The summed E-state index contributed by atoms with van der Waals surface area (Å²) in [7, 11) is 0. The molecule has 0 amide bonds. The molecule has 4 aromatic carbocycles. The number of hydrogen-bond acceptors (Lipinski definition) is 5. The van der Waals surface area contributed by atoms with E-state index < -0.39 is 5.63 Å². The summed E-state index contributed by atoms with van der Waals surface area (Å²) in [6.45, 7) is 0. The Hall–Kier alpha value is -3.87. The molecule has 2 heterocycles.